The molecule has 0 saturated heterocycles. The van der Waals surface area contributed by atoms with Gasteiger partial charge in [-0.05, 0) is 216 Å². The maximum atomic E-state index is 5.08. The molecule has 0 aliphatic rings. The first kappa shape index (κ1) is 87.8. The van der Waals surface area contributed by atoms with Crippen LogP contribution in [0.5, 0.6) is 0 Å². The number of benzene rings is 21. The Morgan fingerprint density at radius 1 is 0.101 bits per heavy atom. The van der Waals surface area contributed by atoms with Crippen LogP contribution in [-0.2, 0) is 0 Å². The molecule has 11 heteroatoms. The molecule has 0 unspecified atom stereocenters. The lowest BCUT2D eigenvalue weighted by Gasteiger charge is -2.12. The summed E-state index contributed by atoms with van der Waals surface area (Å²) in [6, 6.07) is 195. The van der Waals surface area contributed by atoms with Crippen molar-refractivity contribution in [3.05, 3.63) is 552 Å². The molecule has 0 radical (unpaired) electrons. The minimum Gasteiger partial charge on any atom is -0.309 e. The molecule has 29 aromatic rings. The van der Waals surface area contributed by atoms with Gasteiger partial charge in [-0.1, -0.05) is 358 Å². The SMILES string of the molecule is c1ccc(-c2cc(-c3ccccc3)nc(-c3ccc(-n4c5ccccc5c5cc(-c6ccc7c(c6)c6ccccc6n7-c6ccccc6)ccc54)cc3)n2)cc1.c1ccc(-c2cc(-c3ccccc3)nc(-c3ccc(-n4c5ccccc5c5ccc(-c6ccc7c(c6)c6ccccc6n7-c6ccccc6)cc54)cc3)n2)cc1.c1ccc(-c2cc(-c3ccccc3)nc(-c3ccc(-n4c5ccccc5c5ccccc54)cc3)n2)cc1. The van der Waals surface area contributed by atoms with E-state index < -0.39 is 0 Å². The normalized spacial score (nSPS) is 11.5. The van der Waals surface area contributed by atoms with Gasteiger partial charge in [0.25, 0.3) is 0 Å². The largest absolute Gasteiger partial charge is 0.309 e. The van der Waals surface area contributed by atoms with E-state index in [1.165, 1.54) is 126 Å². The van der Waals surface area contributed by atoms with E-state index in [9.17, 15) is 0 Å². The molecular weight excluding hydrogens is 1810 g/mol. The zero-order valence-corrected chi connectivity index (χ0v) is 81.0. The van der Waals surface area contributed by atoms with Crippen molar-refractivity contribution in [2.75, 3.05) is 0 Å². The average molecular weight is 1900 g/mol. The minimum atomic E-state index is 0.699. The first-order valence-corrected chi connectivity index (χ1v) is 50.4. The summed E-state index contributed by atoms with van der Waals surface area (Å²) in [5, 5.41) is 12.4. The predicted octanol–water partition coefficient (Wildman–Crippen LogP) is 35.3. The fraction of sp³-hybridized carbons (Fsp3) is 0. The highest BCUT2D eigenvalue weighted by atomic mass is 15.0. The Morgan fingerprint density at radius 3 is 0.510 bits per heavy atom. The second-order valence-corrected chi connectivity index (χ2v) is 37.6. The molecule has 0 saturated carbocycles. The van der Waals surface area contributed by atoms with Gasteiger partial charge < -0.3 is 22.8 Å². The molecule has 0 spiro atoms. The maximum absolute atomic E-state index is 5.08. The summed E-state index contributed by atoms with van der Waals surface area (Å²) >= 11 is 0. The second kappa shape index (κ2) is 37.9. The van der Waals surface area contributed by atoms with Crippen molar-refractivity contribution in [3.8, 4) is 152 Å². The van der Waals surface area contributed by atoms with E-state index in [4.69, 9.17) is 29.9 Å². The molecule has 21 aromatic carbocycles. The lowest BCUT2D eigenvalue weighted by molar-refractivity contribution is 1.16. The average Bonchev–Trinajstić information content (AvgIpc) is 1.57. The van der Waals surface area contributed by atoms with Gasteiger partial charge in [-0.3, -0.25) is 0 Å². The van der Waals surface area contributed by atoms with E-state index in [2.05, 4.69) is 466 Å². The molecule has 0 aliphatic carbocycles. The summed E-state index contributed by atoms with van der Waals surface area (Å²) in [4.78, 5) is 30.2. The first-order valence-electron chi connectivity index (χ1n) is 50.4. The van der Waals surface area contributed by atoms with E-state index in [1.54, 1.807) is 0 Å². The zero-order valence-electron chi connectivity index (χ0n) is 81.0. The van der Waals surface area contributed by atoms with Crippen molar-refractivity contribution in [1.29, 1.82) is 0 Å². The van der Waals surface area contributed by atoms with Crippen LogP contribution in [0.25, 0.3) is 261 Å². The summed E-state index contributed by atoms with van der Waals surface area (Å²) < 4.78 is 11.8. The molecule has 149 heavy (non-hydrogen) atoms. The molecule has 0 fully saturated rings. The predicted molar refractivity (Wildman–Crippen MR) is 618 cm³/mol. The topological polar surface area (TPSA) is 102 Å². The number of para-hydroxylation sites is 8. The standard InChI is InChI=1S/2C52H34N4.C34H23N3/c1-4-14-35(15-5-1)46-34-47(36-16-6-2-7-17-36)54-52(53-46)37-24-28-41(29-25-37)56-48-22-12-10-20-42(48)44-30-26-39(33-51(44)56)38-27-31-50-45(32-38)43-21-11-13-23-49(43)55(50)40-18-8-3-9-19-40;1-4-14-35(15-5-1)46-34-47(36-16-6-2-7-17-36)54-52(53-46)37-24-28-41(29-25-37)56-49-23-13-11-21-43(49)45-33-39(27-31-51(45)56)38-26-30-50-44(32-38)42-20-10-12-22-48(42)55(50)40-18-8-3-9-19-40;1-3-11-24(12-4-1)30-23-31(25-13-5-2-6-14-25)36-34(35-30)26-19-21-27(22-20-26)37-32-17-9-7-15-28(32)29-16-8-10-18-33(29)37/h2*1-34H;1-23H. The molecule has 8 aromatic heterocycles. The molecule has 0 atom stereocenters. The van der Waals surface area contributed by atoms with Crippen molar-refractivity contribution in [1.82, 2.24) is 52.7 Å². The number of aromatic nitrogens is 11. The van der Waals surface area contributed by atoms with Crippen LogP contribution in [-0.4, -0.2) is 52.7 Å². The smallest absolute Gasteiger partial charge is 0.160 e. The van der Waals surface area contributed by atoms with Crippen molar-refractivity contribution in [2.45, 2.75) is 0 Å². The summed E-state index contributed by atoms with van der Waals surface area (Å²) in [7, 11) is 0. The van der Waals surface area contributed by atoms with Crippen LogP contribution >= 0.6 is 0 Å². The number of hydrogen-bond acceptors (Lipinski definition) is 6. The van der Waals surface area contributed by atoms with Crippen LogP contribution < -0.4 is 0 Å². The third-order valence-electron chi connectivity index (χ3n) is 28.7. The Bertz CT molecular complexity index is 9860. The van der Waals surface area contributed by atoms with Crippen molar-refractivity contribution in [3.63, 3.8) is 0 Å². The number of nitrogens with zero attached hydrogens (tertiary/aromatic N) is 11. The highest BCUT2D eigenvalue weighted by molar-refractivity contribution is 6.16. The Kier molecular flexibility index (Phi) is 22.4. The van der Waals surface area contributed by atoms with Gasteiger partial charge in [0.15, 0.2) is 17.5 Å². The van der Waals surface area contributed by atoms with E-state index in [-0.39, 0.29) is 0 Å². The first-order chi connectivity index (χ1) is 73.9. The molecule has 0 amide bonds. The van der Waals surface area contributed by atoms with Gasteiger partial charge in [-0.15, -0.1) is 0 Å². The molecule has 0 bridgehead atoms. The molecular formula is C138H91N11. The fourth-order valence-electron chi connectivity index (χ4n) is 21.6. The second-order valence-electron chi connectivity index (χ2n) is 37.6. The minimum absolute atomic E-state index is 0.699. The van der Waals surface area contributed by atoms with Gasteiger partial charge in [0.2, 0.25) is 0 Å². The van der Waals surface area contributed by atoms with Crippen LogP contribution in [0, 0.1) is 0 Å². The molecule has 0 aliphatic heterocycles. The quantitative estimate of drug-likeness (QED) is 0.0955. The van der Waals surface area contributed by atoms with Crippen LogP contribution in [0.4, 0.5) is 0 Å². The molecule has 698 valence electrons. The number of hydrogen-bond donors (Lipinski definition) is 0. The van der Waals surface area contributed by atoms with E-state index >= 15 is 0 Å². The molecule has 0 N–H and O–H groups in total. The highest BCUT2D eigenvalue weighted by Crippen LogP contribution is 2.45. The summed E-state index contributed by atoms with van der Waals surface area (Å²) in [5.41, 5.74) is 37.0. The van der Waals surface area contributed by atoms with Crippen LogP contribution in [0.2, 0.25) is 0 Å². The molecule has 8 heterocycles. The van der Waals surface area contributed by atoms with Crippen LogP contribution in [0.3, 0.4) is 0 Å². The Hall–Kier alpha value is -20.1. The summed E-state index contributed by atoms with van der Waals surface area (Å²) in [5.74, 6) is 2.12. The third-order valence-corrected chi connectivity index (χ3v) is 28.7. The van der Waals surface area contributed by atoms with Gasteiger partial charge in [0, 0.05) is 132 Å². The number of fused-ring (bicyclic) bond motifs is 15. The maximum Gasteiger partial charge on any atom is 0.160 e. The third kappa shape index (κ3) is 16.4. The van der Waals surface area contributed by atoms with Gasteiger partial charge in [0.05, 0.1) is 89.3 Å². The van der Waals surface area contributed by atoms with Crippen molar-refractivity contribution >= 4 is 109 Å². The van der Waals surface area contributed by atoms with Crippen LogP contribution in [0.15, 0.2) is 552 Å². The molecule has 29 rings (SSSR count). The van der Waals surface area contributed by atoms with Gasteiger partial charge in [-0.2, -0.15) is 0 Å². The van der Waals surface area contributed by atoms with Crippen LogP contribution in [0.1, 0.15) is 0 Å². The monoisotopic (exact) mass is 1900 g/mol. The number of rotatable bonds is 16. The lowest BCUT2D eigenvalue weighted by Crippen LogP contribution is -1.97. The Balaban J connectivity index is 0.000000113. The lowest BCUT2D eigenvalue weighted by atomic mass is 10.0. The summed E-state index contributed by atoms with van der Waals surface area (Å²) in [6.07, 6.45) is 0. The Labute approximate surface area is 860 Å². The van der Waals surface area contributed by atoms with E-state index in [1.807, 2.05) is 109 Å². The van der Waals surface area contributed by atoms with E-state index in [0.29, 0.717) is 17.5 Å². The molecule has 11 nitrogen and oxygen atoms in total. The highest BCUT2D eigenvalue weighted by Gasteiger charge is 2.24. The van der Waals surface area contributed by atoms with Gasteiger partial charge in [0.1, 0.15) is 0 Å². The zero-order chi connectivity index (χ0) is 98.6. The van der Waals surface area contributed by atoms with Gasteiger partial charge in [-0.25, -0.2) is 29.9 Å². The van der Waals surface area contributed by atoms with Crippen molar-refractivity contribution < 1.29 is 0 Å². The fourth-order valence-corrected chi connectivity index (χ4v) is 21.6. The summed E-state index contributed by atoms with van der Waals surface area (Å²) in [6.45, 7) is 0. The van der Waals surface area contributed by atoms with E-state index in [0.717, 1.165) is 118 Å². The van der Waals surface area contributed by atoms with Crippen molar-refractivity contribution in [2.24, 2.45) is 0 Å². The Morgan fingerprint density at radius 2 is 0.268 bits per heavy atom. The van der Waals surface area contributed by atoms with Gasteiger partial charge >= 0.3 is 0 Å².